The van der Waals surface area contributed by atoms with Gasteiger partial charge in [0.2, 0.25) is 5.72 Å². The van der Waals surface area contributed by atoms with E-state index in [2.05, 4.69) is 10.1 Å². The second kappa shape index (κ2) is 6.89. The molecule has 3 fully saturated rings. The molecule has 5 nitrogen and oxygen atoms in total. The Morgan fingerprint density at radius 3 is 2.79 bits per heavy atom. The minimum atomic E-state index is -0.529. The molecule has 0 bridgehead atoms. The topological polar surface area (TPSA) is 51.1 Å². The largest absolute Gasteiger partial charge is 0.466 e. The zero-order chi connectivity index (χ0) is 19.5. The van der Waals surface area contributed by atoms with Gasteiger partial charge in [-0.05, 0) is 50.7 Å². The van der Waals surface area contributed by atoms with E-state index < -0.39 is 5.72 Å². The summed E-state index contributed by atoms with van der Waals surface area (Å²) in [5.74, 6) is 0.451. The highest BCUT2D eigenvalue weighted by atomic mass is 35.5. The van der Waals surface area contributed by atoms with Crippen LogP contribution >= 0.6 is 23.2 Å². The van der Waals surface area contributed by atoms with Gasteiger partial charge in [-0.1, -0.05) is 34.4 Å². The smallest absolute Gasteiger partial charge is 0.309 e. The summed E-state index contributed by atoms with van der Waals surface area (Å²) >= 11 is 12.4. The lowest BCUT2D eigenvalue weighted by Gasteiger charge is -2.43. The number of rotatable bonds is 4. The average molecular weight is 423 g/mol. The predicted molar refractivity (Wildman–Crippen MR) is 107 cm³/mol. The molecule has 28 heavy (non-hydrogen) atoms. The molecule has 0 amide bonds. The third-order valence-corrected chi connectivity index (χ3v) is 7.67. The van der Waals surface area contributed by atoms with Crippen molar-refractivity contribution in [2.45, 2.75) is 38.3 Å². The SMILES string of the molecule is CCOC(=O)C1C2CCC3C(c4ccc(Cl)c(Cl)c4)=NOC3(N3CCCC3)C21. The van der Waals surface area contributed by atoms with Crippen LogP contribution in [0.15, 0.2) is 23.4 Å². The molecule has 2 aliphatic heterocycles. The van der Waals surface area contributed by atoms with Gasteiger partial charge in [0.15, 0.2) is 0 Å². The summed E-state index contributed by atoms with van der Waals surface area (Å²) in [6.07, 6.45) is 4.26. The van der Waals surface area contributed by atoms with Gasteiger partial charge in [0.05, 0.1) is 34.2 Å². The number of halogens is 2. The van der Waals surface area contributed by atoms with Crippen LogP contribution in [0.1, 0.15) is 38.2 Å². The Morgan fingerprint density at radius 1 is 1.29 bits per heavy atom. The molecule has 1 aromatic carbocycles. The molecule has 0 radical (unpaired) electrons. The van der Waals surface area contributed by atoms with E-state index in [0.29, 0.717) is 22.6 Å². The van der Waals surface area contributed by atoms with Gasteiger partial charge in [0.25, 0.3) is 0 Å². The summed E-state index contributed by atoms with van der Waals surface area (Å²) in [4.78, 5) is 21.3. The molecule has 0 N–H and O–H groups in total. The van der Waals surface area contributed by atoms with Crippen molar-refractivity contribution in [3.05, 3.63) is 33.8 Å². The highest BCUT2D eigenvalue weighted by Crippen LogP contribution is 2.66. The number of oxime groups is 1. The van der Waals surface area contributed by atoms with Crippen LogP contribution in [0.4, 0.5) is 0 Å². The zero-order valence-corrected chi connectivity index (χ0v) is 17.4. The van der Waals surface area contributed by atoms with Crippen molar-refractivity contribution < 1.29 is 14.4 Å². The second-order valence-electron chi connectivity index (χ2n) is 8.24. The summed E-state index contributed by atoms with van der Waals surface area (Å²) < 4.78 is 5.37. The molecule has 2 saturated carbocycles. The normalized spacial score (nSPS) is 36.3. The van der Waals surface area contributed by atoms with Crippen molar-refractivity contribution >= 4 is 34.9 Å². The number of hydrogen-bond acceptors (Lipinski definition) is 5. The van der Waals surface area contributed by atoms with E-state index >= 15 is 0 Å². The van der Waals surface area contributed by atoms with Crippen molar-refractivity contribution in [1.29, 1.82) is 0 Å². The minimum Gasteiger partial charge on any atom is -0.466 e. The van der Waals surface area contributed by atoms with E-state index in [9.17, 15) is 4.79 Å². The molecule has 2 aliphatic carbocycles. The number of carbonyl (C=O) groups is 1. The molecule has 5 atom stereocenters. The number of fused-ring (bicyclic) bond motifs is 3. The fourth-order valence-corrected chi connectivity index (χ4v) is 6.06. The van der Waals surface area contributed by atoms with Gasteiger partial charge in [-0.2, -0.15) is 0 Å². The van der Waals surface area contributed by atoms with E-state index in [-0.39, 0.29) is 23.7 Å². The van der Waals surface area contributed by atoms with Crippen molar-refractivity contribution in [2.75, 3.05) is 19.7 Å². The van der Waals surface area contributed by atoms with Crippen LogP contribution in [0.3, 0.4) is 0 Å². The number of likely N-dealkylation sites (tertiary alicyclic amines) is 1. The van der Waals surface area contributed by atoms with Crippen LogP contribution in [0.5, 0.6) is 0 Å². The molecule has 150 valence electrons. The van der Waals surface area contributed by atoms with Gasteiger partial charge >= 0.3 is 5.97 Å². The number of carbonyl (C=O) groups excluding carboxylic acids is 1. The molecular weight excluding hydrogens is 399 g/mol. The third-order valence-electron chi connectivity index (χ3n) is 6.93. The second-order valence-corrected chi connectivity index (χ2v) is 9.05. The summed E-state index contributed by atoms with van der Waals surface area (Å²) in [6.45, 7) is 4.25. The maximum Gasteiger partial charge on any atom is 0.309 e. The number of esters is 1. The maximum atomic E-state index is 12.6. The molecule has 5 unspecified atom stereocenters. The van der Waals surface area contributed by atoms with E-state index in [1.165, 1.54) is 0 Å². The lowest BCUT2D eigenvalue weighted by molar-refractivity contribution is -0.183. The molecule has 4 aliphatic rings. The van der Waals surface area contributed by atoms with Crippen LogP contribution in [0.2, 0.25) is 10.0 Å². The molecule has 2 heterocycles. The van der Waals surface area contributed by atoms with Crippen LogP contribution in [-0.2, 0) is 14.4 Å². The number of nitrogens with zero attached hydrogens (tertiary/aromatic N) is 2. The van der Waals surface area contributed by atoms with Gasteiger partial charge in [0, 0.05) is 24.6 Å². The van der Waals surface area contributed by atoms with Crippen molar-refractivity contribution in [3.63, 3.8) is 0 Å². The quantitative estimate of drug-likeness (QED) is 0.676. The van der Waals surface area contributed by atoms with Gasteiger partial charge in [0.1, 0.15) is 0 Å². The summed E-state index contributed by atoms with van der Waals surface area (Å²) in [6, 6.07) is 5.63. The first-order valence-electron chi connectivity index (χ1n) is 10.2. The lowest BCUT2D eigenvalue weighted by Crippen LogP contribution is -2.57. The van der Waals surface area contributed by atoms with Crippen LogP contribution < -0.4 is 0 Å². The fraction of sp³-hybridized carbons (Fsp3) is 0.619. The number of ether oxygens (including phenoxy) is 1. The standard InChI is InChI=1S/C21H24Cl2N2O3/c1-2-27-20(26)17-13-6-7-14-19(12-5-8-15(22)16(23)11-12)24-28-21(14,18(13)17)25-9-3-4-10-25/h5,8,11,13-14,17-18H,2-4,6-7,9-10H2,1H3. The maximum absolute atomic E-state index is 12.6. The Balaban J connectivity index is 1.51. The van der Waals surface area contributed by atoms with Gasteiger partial charge in [-0.15, -0.1) is 0 Å². The van der Waals surface area contributed by atoms with E-state index in [1.807, 2.05) is 25.1 Å². The van der Waals surface area contributed by atoms with E-state index in [0.717, 1.165) is 50.0 Å². The van der Waals surface area contributed by atoms with E-state index in [4.69, 9.17) is 32.8 Å². The molecule has 0 aromatic heterocycles. The molecule has 1 aromatic rings. The predicted octanol–water partition coefficient (Wildman–Crippen LogP) is 4.36. The van der Waals surface area contributed by atoms with Gasteiger partial charge < -0.3 is 9.57 Å². The Labute approximate surface area is 174 Å². The van der Waals surface area contributed by atoms with Crippen molar-refractivity contribution in [3.8, 4) is 0 Å². The summed E-state index contributed by atoms with van der Waals surface area (Å²) in [5, 5.41) is 5.63. The first-order valence-corrected chi connectivity index (χ1v) is 11.0. The van der Waals surface area contributed by atoms with E-state index in [1.54, 1.807) is 0 Å². The first-order chi connectivity index (χ1) is 13.6. The van der Waals surface area contributed by atoms with Crippen LogP contribution in [-0.4, -0.2) is 42.0 Å². The summed E-state index contributed by atoms with van der Waals surface area (Å²) in [5.41, 5.74) is 1.35. The Kier molecular flexibility index (Phi) is 4.61. The van der Waals surface area contributed by atoms with Gasteiger partial charge in [-0.3, -0.25) is 9.69 Å². The molecule has 0 spiro atoms. The molecule has 7 heteroatoms. The van der Waals surface area contributed by atoms with Crippen LogP contribution in [0.25, 0.3) is 0 Å². The Bertz CT molecular complexity index is 839. The van der Waals surface area contributed by atoms with Gasteiger partial charge in [-0.25, -0.2) is 0 Å². The molecule has 1 saturated heterocycles. The van der Waals surface area contributed by atoms with Crippen LogP contribution in [0, 0.1) is 23.7 Å². The van der Waals surface area contributed by atoms with Crippen molar-refractivity contribution in [1.82, 2.24) is 4.90 Å². The molecule has 5 rings (SSSR count). The average Bonchev–Trinajstić information content (AvgIpc) is 3.05. The number of benzene rings is 1. The zero-order valence-electron chi connectivity index (χ0n) is 15.9. The Hall–Kier alpha value is -1.30. The third kappa shape index (κ3) is 2.62. The highest BCUT2D eigenvalue weighted by Gasteiger charge is 2.75. The highest BCUT2D eigenvalue weighted by molar-refractivity contribution is 6.42. The fourth-order valence-electron chi connectivity index (χ4n) is 5.76. The van der Waals surface area contributed by atoms with Crippen molar-refractivity contribution in [2.24, 2.45) is 28.8 Å². The molecular formula is C21H24Cl2N2O3. The monoisotopic (exact) mass is 422 g/mol. The summed E-state index contributed by atoms with van der Waals surface area (Å²) in [7, 11) is 0. The number of hydrogen-bond donors (Lipinski definition) is 0. The minimum absolute atomic E-state index is 0.0751. The first kappa shape index (κ1) is 18.7. The Morgan fingerprint density at radius 2 is 2.07 bits per heavy atom. The lowest BCUT2D eigenvalue weighted by atomic mass is 9.76.